The van der Waals surface area contributed by atoms with E-state index in [0.717, 1.165) is 26.4 Å². The molecule has 4 nitrogen and oxygen atoms in total. The molecule has 0 spiro atoms. The van der Waals surface area contributed by atoms with Gasteiger partial charge in [-0.1, -0.05) is 27.5 Å². The number of likely N-dealkylation sites (N-methyl/N-ethyl adjacent to an activating group) is 1. The van der Waals surface area contributed by atoms with Gasteiger partial charge in [0, 0.05) is 31.5 Å². The Hall–Kier alpha value is -1.34. The molecule has 1 aromatic heterocycles. The van der Waals surface area contributed by atoms with E-state index >= 15 is 0 Å². The van der Waals surface area contributed by atoms with Crippen molar-refractivity contribution in [2.24, 2.45) is 0 Å². The third-order valence-corrected chi connectivity index (χ3v) is 5.24. The van der Waals surface area contributed by atoms with Crippen LogP contribution in [0.5, 0.6) is 5.75 Å². The predicted octanol–water partition coefficient (Wildman–Crippen LogP) is 5.45. The van der Waals surface area contributed by atoms with Gasteiger partial charge in [0.05, 0.1) is 11.7 Å². The molecular formula is C19H17Br2ClN2O2. The molecule has 7 heteroatoms. The first-order valence-electron chi connectivity index (χ1n) is 7.94. The van der Waals surface area contributed by atoms with Crippen LogP contribution in [0.3, 0.4) is 0 Å². The second-order valence-electron chi connectivity index (χ2n) is 6.11. The third kappa shape index (κ3) is 4.14. The number of carbonyl (C=O) groups excluding carboxylic acids is 1. The molecule has 0 aliphatic rings. The lowest BCUT2D eigenvalue weighted by molar-refractivity contribution is 0.0964. The highest BCUT2D eigenvalue weighted by atomic mass is 79.9. The van der Waals surface area contributed by atoms with E-state index in [1.54, 1.807) is 29.0 Å². The Morgan fingerprint density at radius 1 is 1.19 bits per heavy atom. The third-order valence-electron chi connectivity index (χ3n) is 3.89. The standard InChI is InChI=1S/C19H17Br2ClN2O2/c1-23(2)7-8-26-17-11-24(18-15(17)9-14(22)10-16(18)21)19(25)12-3-5-13(20)6-4-12/h3-6,9-11H,7-8H2,1-2H3. The number of aromatic nitrogens is 1. The van der Waals surface area contributed by atoms with Gasteiger partial charge in [-0.15, -0.1) is 0 Å². The smallest absolute Gasteiger partial charge is 0.262 e. The summed E-state index contributed by atoms with van der Waals surface area (Å²) in [6.45, 7) is 1.29. The Kier molecular flexibility index (Phi) is 6.07. The van der Waals surface area contributed by atoms with E-state index in [4.69, 9.17) is 16.3 Å². The van der Waals surface area contributed by atoms with Crippen molar-refractivity contribution in [1.29, 1.82) is 0 Å². The summed E-state index contributed by atoms with van der Waals surface area (Å²) in [7, 11) is 3.97. The SMILES string of the molecule is CN(C)CCOc1cn(C(=O)c2ccc(Br)cc2)c2c(Br)cc(Cl)cc12. The van der Waals surface area contributed by atoms with Crippen LogP contribution < -0.4 is 4.74 Å². The number of fused-ring (bicyclic) bond motifs is 1. The van der Waals surface area contributed by atoms with Gasteiger partial charge in [0.2, 0.25) is 0 Å². The lowest BCUT2D eigenvalue weighted by Gasteiger charge is -2.10. The molecule has 136 valence electrons. The fourth-order valence-corrected chi connectivity index (χ4v) is 3.86. The molecule has 0 atom stereocenters. The number of hydrogen-bond acceptors (Lipinski definition) is 3. The minimum atomic E-state index is -0.131. The molecule has 1 heterocycles. The fraction of sp³-hybridized carbons (Fsp3) is 0.211. The van der Waals surface area contributed by atoms with Gasteiger partial charge in [0.1, 0.15) is 12.4 Å². The number of rotatable bonds is 5. The summed E-state index contributed by atoms with van der Waals surface area (Å²) in [4.78, 5) is 15.1. The van der Waals surface area contributed by atoms with Crippen molar-refractivity contribution in [3.63, 3.8) is 0 Å². The second-order valence-corrected chi connectivity index (χ2v) is 8.32. The molecule has 0 aliphatic carbocycles. The van der Waals surface area contributed by atoms with Crippen LogP contribution in [0.1, 0.15) is 10.4 Å². The second kappa shape index (κ2) is 8.13. The van der Waals surface area contributed by atoms with E-state index in [1.807, 2.05) is 37.2 Å². The van der Waals surface area contributed by atoms with Crippen LogP contribution in [0.2, 0.25) is 5.02 Å². The summed E-state index contributed by atoms with van der Waals surface area (Å²) in [5.41, 5.74) is 1.33. The van der Waals surface area contributed by atoms with Crippen molar-refractivity contribution in [3.05, 3.63) is 62.1 Å². The maximum absolute atomic E-state index is 13.0. The van der Waals surface area contributed by atoms with Gasteiger partial charge in [-0.3, -0.25) is 9.36 Å². The highest BCUT2D eigenvalue weighted by Crippen LogP contribution is 2.36. The molecule has 0 fully saturated rings. The van der Waals surface area contributed by atoms with E-state index in [-0.39, 0.29) is 5.91 Å². The Labute approximate surface area is 173 Å². The predicted molar refractivity (Wildman–Crippen MR) is 113 cm³/mol. The number of nitrogens with zero attached hydrogens (tertiary/aromatic N) is 2. The van der Waals surface area contributed by atoms with Crippen molar-refractivity contribution in [2.45, 2.75) is 0 Å². The Bertz CT molecular complexity index is 952. The summed E-state index contributed by atoms with van der Waals surface area (Å²) in [5, 5.41) is 1.38. The molecule has 0 saturated heterocycles. The number of halogens is 3. The first-order chi connectivity index (χ1) is 12.4. The van der Waals surface area contributed by atoms with Crippen LogP contribution in [0.25, 0.3) is 10.9 Å². The van der Waals surface area contributed by atoms with E-state index < -0.39 is 0 Å². The minimum Gasteiger partial charge on any atom is -0.490 e. The zero-order valence-electron chi connectivity index (χ0n) is 14.3. The quantitative estimate of drug-likeness (QED) is 0.467. The normalized spacial score (nSPS) is 11.3. The maximum Gasteiger partial charge on any atom is 0.262 e. The fourth-order valence-electron chi connectivity index (χ4n) is 2.59. The number of benzene rings is 2. The van der Waals surface area contributed by atoms with Gasteiger partial charge < -0.3 is 9.64 Å². The molecule has 26 heavy (non-hydrogen) atoms. The Morgan fingerprint density at radius 3 is 2.54 bits per heavy atom. The Balaban J connectivity index is 2.07. The maximum atomic E-state index is 13.0. The van der Waals surface area contributed by atoms with E-state index in [9.17, 15) is 4.79 Å². The average molecular weight is 501 g/mol. The van der Waals surface area contributed by atoms with E-state index in [1.165, 1.54) is 0 Å². The monoisotopic (exact) mass is 498 g/mol. The van der Waals surface area contributed by atoms with E-state index in [0.29, 0.717) is 22.9 Å². The van der Waals surface area contributed by atoms with Gasteiger partial charge in [-0.05, 0) is 66.4 Å². The van der Waals surface area contributed by atoms with Crippen LogP contribution in [0.4, 0.5) is 0 Å². The highest BCUT2D eigenvalue weighted by molar-refractivity contribution is 9.11. The first-order valence-corrected chi connectivity index (χ1v) is 9.91. The number of hydrogen-bond donors (Lipinski definition) is 0. The minimum absolute atomic E-state index is 0.131. The summed E-state index contributed by atoms with van der Waals surface area (Å²) >= 11 is 13.1. The van der Waals surface area contributed by atoms with Crippen molar-refractivity contribution >= 4 is 60.3 Å². The average Bonchev–Trinajstić information content (AvgIpc) is 2.93. The molecule has 0 bridgehead atoms. The molecule has 3 rings (SSSR count). The molecule has 0 radical (unpaired) electrons. The molecular weight excluding hydrogens is 483 g/mol. The molecule has 0 aliphatic heterocycles. The first kappa shape index (κ1) is 19.4. The molecule has 0 N–H and O–H groups in total. The van der Waals surface area contributed by atoms with Gasteiger partial charge in [0.15, 0.2) is 0 Å². The van der Waals surface area contributed by atoms with Crippen molar-refractivity contribution in [1.82, 2.24) is 9.47 Å². The summed E-state index contributed by atoms with van der Waals surface area (Å²) in [6, 6.07) is 10.9. The zero-order valence-corrected chi connectivity index (χ0v) is 18.2. The number of carbonyl (C=O) groups is 1. The van der Waals surface area contributed by atoms with Crippen molar-refractivity contribution in [3.8, 4) is 5.75 Å². The Morgan fingerprint density at radius 2 is 1.88 bits per heavy atom. The number of ether oxygens (including phenoxy) is 1. The van der Waals surface area contributed by atoms with Gasteiger partial charge in [0.25, 0.3) is 5.91 Å². The molecule has 0 amide bonds. The topological polar surface area (TPSA) is 34.5 Å². The lowest BCUT2D eigenvalue weighted by atomic mass is 10.2. The van der Waals surface area contributed by atoms with Crippen molar-refractivity contribution in [2.75, 3.05) is 27.2 Å². The van der Waals surface area contributed by atoms with Crippen LogP contribution in [0, 0.1) is 0 Å². The molecule has 0 unspecified atom stereocenters. The molecule has 0 saturated carbocycles. The van der Waals surface area contributed by atoms with Gasteiger partial charge in [-0.25, -0.2) is 0 Å². The largest absolute Gasteiger partial charge is 0.490 e. The van der Waals surface area contributed by atoms with Crippen LogP contribution in [-0.2, 0) is 0 Å². The van der Waals surface area contributed by atoms with Crippen LogP contribution >= 0.6 is 43.5 Å². The zero-order chi connectivity index (χ0) is 18.8. The van der Waals surface area contributed by atoms with Crippen LogP contribution in [0.15, 0.2) is 51.5 Å². The van der Waals surface area contributed by atoms with E-state index in [2.05, 4.69) is 31.9 Å². The van der Waals surface area contributed by atoms with Crippen LogP contribution in [-0.4, -0.2) is 42.6 Å². The lowest BCUT2D eigenvalue weighted by Crippen LogP contribution is -2.19. The van der Waals surface area contributed by atoms with Crippen molar-refractivity contribution < 1.29 is 9.53 Å². The summed E-state index contributed by atoms with van der Waals surface area (Å²) in [5.74, 6) is 0.503. The highest BCUT2D eigenvalue weighted by Gasteiger charge is 2.19. The molecule has 3 aromatic rings. The summed E-state index contributed by atoms with van der Waals surface area (Å²) < 4.78 is 9.19. The van der Waals surface area contributed by atoms with Gasteiger partial charge >= 0.3 is 0 Å². The molecule has 2 aromatic carbocycles. The van der Waals surface area contributed by atoms with Gasteiger partial charge in [-0.2, -0.15) is 0 Å². The summed E-state index contributed by atoms with van der Waals surface area (Å²) in [6.07, 6.45) is 1.73.